The van der Waals surface area contributed by atoms with Crippen molar-refractivity contribution in [3.8, 4) is 5.82 Å². The molecule has 0 saturated heterocycles. The van der Waals surface area contributed by atoms with Crippen LogP contribution in [0.3, 0.4) is 0 Å². The largest absolute Gasteiger partial charge is 0.314 e. The van der Waals surface area contributed by atoms with Crippen molar-refractivity contribution in [1.29, 1.82) is 0 Å². The van der Waals surface area contributed by atoms with Crippen LogP contribution in [0.2, 0.25) is 0 Å². The molecule has 0 aliphatic heterocycles. The molecule has 0 aliphatic rings. The summed E-state index contributed by atoms with van der Waals surface area (Å²) in [4.78, 5) is 20.0. The number of hydrogen-bond acceptors (Lipinski definition) is 3. The molecule has 0 bridgehead atoms. The van der Waals surface area contributed by atoms with Crippen molar-refractivity contribution in [2.45, 2.75) is 0 Å². The van der Waals surface area contributed by atoms with E-state index in [1.165, 1.54) is 4.57 Å². The smallest absolute Gasteiger partial charge is 0.294 e. The molecular weight excluding hydrogens is 422 g/mol. The minimum atomic E-state index is -0.135. The van der Waals surface area contributed by atoms with Crippen molar-refractivity contribution in [3.63, 3.8) is 0 Å². The third kappa shape index (κ3) is 1.94. The molecule has 0 unspecified atom stereocenters. The van der Waals surface area contributed by atoms with Crippen LogP contribution in [0, 0.1) is 7.40 Å². The molecule has 2 aromatic heterocycles. The van der Waals surface area contributed by atoms with Crippen LogP contribution >= 0.6 is 45.2 Å². The first kappa shape index (κ1) is 11.0. The summed E-state index contributed by atoms with van der Waals surface area (Å²) in [5, 5.41) is 0. The van der Waals surface area contributed by atoms with Gasteiger partial charge in [-0.2, -0.15) is 0 Å². The second kappa shape index (κ2) is 4.20. The summed E-state index contributed by atoms with van der Waals surface area (Å²) in [6, 6.07) is 0. The van der Waals surface area contributed by atoms with Crippen LogP contribution in [-0.4, -0.2) is 19.1 Å². The third-order valence-corrected chi connectivity index (χ3v) is 4.75. The van der Waals surface area contributed by atoms with E-state index < -0.39 is 0 Å². The highest BCUT2D eigenvalue weighted by molar-refractivity contribution is 14.1. The van der Waals surface area contributed by atoms with E-state index in [9.17, 15) is 4.79 Å². The van der Waals surface area contributed by atoms with Gasteiger partial charge in [-0.25, -0.2) is 9.97 Å². The van der Waals surface area contributed by atoms with Crippen molar-refractivity contribution in [2.75, 3.05) is 0 Å². The van der Waals surface area contributed by atoms with Crippen LogP contribution in [0.4, 0.5) is 0 Å². The highest BCUT2D eigenvalue weighted by Crippen LogP contribution is 2.14. The molecule has 2 aromatic rings. The summed E-state index contributed by atoms with van der Waals surface area (Å²) < 4.78 is 4.93. The van der Waals surface area contributed by atoms with E-state index in [2.05, 4.69) is 55.1 Å². The number of aryl methyl sites for hydroxylation is 1. The first-order valence-electron chi connectivity index (χ1n) is 4.01. The van der Waals surface area contributed by atoms with E-state index in [1.807, 2.05) is 0 Å². The third-order valence-electron chi connectivity index (χ3n) is 1.90. The molecule has 0 fully saturated rings. The van der Waals surface area contributed by atoms with E-state index in [1.54, 1.807) is 30.3 Å². The topological polar surface area (TPSA) is 52.7 Å². The maximum atomic E-state index is 11.8. The van der Waals surface area contributed by atoms with Gasteiger partial charge in [-0.15, -0.1) is 0 Å². The van der Waals surface area contributed by atoms with Gasteiger partial charge in [0.05, 0.1) is 0 Å². The van der Waals surface area contributed by atoms with Gasteiger partial charge in [0.2, 0.25) is 5.82 Å². The predicted molar refractivity (Wildman–Crippen MR) is 72.0 cm³/mol. The molecule has 5 nitrogen and oxygen atoms in total. The lowest BCUT2D eigenvalue weighted by atomic mass is 10.6. The van der Waals surface area contributed by atoms with E-state index in [-0.39, 0.29) is 5.56 Å². The maximum absolute atomic E-state index is 11.8. The molecule has 7 heteroatoms. The van der Waals surface area contributed by atoms with Crippen molar-refractivity contribution in [1.82, 2.24) is 19.1 Å². The number of rotatable bonds is 1. The molecule has 78 valence electrons. The van der Waals surface area contributed by atoms with Crippen LogP contribution in [0.1, 0.15) is 0 Å². The second-order valence-corrected chi connectivity index (χ2v) is 4.91. The van der Waals surface area contributed by atoms with E-state index in [0.29, 0.717) is 5.82 Å². The molecule has 2 rings (SSSR count). The molecule has 0 spiro atoms. The molecular formula is C8H6I2N4O. The molecule has 2 heterocycles. The summed E-state index contributed by atoms with van der Waals surface area (Å²) in [6.45, 7) is 0. The van der Waals surface area contributed by atoms with E-state index in [0.717, 1.165) is 7.40 Å². The van der Waals surface area contributed by atoms with E-state index >= 15 is 0 Å². The fourth-order valence-electron chi connectivity index (χ4n) is 1.11. The van der Waals surface area contributed by atoms with Gasteiger partial charge < -0.3 is 4.57 Å². The summed E-state index contributed by atoms with van der Waals surface area (Å²) in [5.74, 6) is 0.375. The van der Waals surface area contributed by atoms with Crippen molar-refractivity contribution in [2.24, 2.45) is 7.05 Å². The van der Waals surface area contributed by atoms with Crippen molar-refractivity contribution in [3.05, 3.63) is 36.5 Å². The number of hydrogen-bond donors (Lipinski definition) is 0. The van der Waals surface area contributed by atoms with Gasteiger partial charge in [0.1, 0.15) is 13.7 Å². The molecule has 0 saturated carbocycles. The highest BCUT2D eigenvalue weighted by atomic mass is 127. The predicted octanol–water partition coefficient (Wildman–Crippen LogP) is 1.18. The molecule has 0 aliphatic carbocycles. The number of halogens is 2. The van der Waals surface area contributed by atoms with Gasteiger partial charge in [-0.1, -0.05) is 0 Å². The van der Waals surface area contributed by atoms with Gasteiger partial charge in [-0.05, 0) is 45.2 Å². The average molecular weight is 428 g/mol. The fourth-order valence-corrected chi connectivity index (χ4v) is 1.99. The van der Waals surface area contributed by atoms with Crippen molar-refractivity contribution >= 4 is 45.2 Å². The zero-order valence-electron chi connectivity index (χ0n) is 7.69. The highest BCUT2D eigenvalue weighted by Gasteiger charge is 2.11. The Kier molecular flexibility index (Phi) is 3.09. The van der Waals surface area contributed by atoms with Gasteiger partial charge in [0, 0.05) is 19.4 Å². The molecule has 0 aromatic carbocycles. The Morgan fingerprint density at radius 3 is 2.67 bits per heavy atom. The zero-order valence-corrected chi connectivity index (χ0v) is 12.0. The summed E-state index contributed by atoms with van der Waals surface area (Å²) in [6.07, 6.45) is 4.83. The lowest BCUT2D eigenvalue weighted by Gasteiger charge is -2.03. The van der Waals surface area contributed by atoms with Crippen LogP contribution in [0.25, 0.3) is 5.82 Å². The van der Waals surface area contributed by atoms with Gasteiger partial charge in [0.15, 0.2) is 0 Å². The van der Waals surface area contributed by atoms with Gasteiger partial charge in [0.25, 0.3) is 5.56 Å². The van der Waals surface area contributed by atoms with Crippen LogP contribution in [0.5, 0.6) is 0 Å². The second-order valence-electron chi connectivity index (χ2n) is 2.86. The molecule has 0 N–H and O–H groups in total. The fraction of sp³-hybridized carbons (Fsp3) is 0.125. The summed E-state index contributed by atoms with van der Waals surface area (Å²) >= 11 is 4.25. The summed E-state index contributed by atoms with van der Waals surface area (Å²) in [5.41, 5.74) is -0.135. The monoisotopic (exact) mass is 428 g/mol. The van der Waals surface area contributed by atoms with Gasteiger partial charge in [-0.3, -0.25) is 9.36 Å². The van der Waals surface area contributed by atoms with Crippen LogP contribution < -0.4 is 5.56 Å². The van der Waals surface area contributed by atoms with Crippen molar-refractivity contribution < 1.29 is 0 Å². The number of imidazole rings is 1. The molecule has 0 atom stereocenters. The van der Waals surface area contributed by atoms with Crippen LogP contribution in [0.15, 0.2) is 23.5 Å². The van der Waals surface area contributed by atoms with Gasteiger partial charge >= 0.3 is 0 Å². The standard InChI is InChI=1S/C8H6I2N4O/c1-13-3-2-11-7(8(13)15)14-4-12-5(9)6(14)10/h2-4H,1H3. The Bertz CT molecular complexity index is 560. The minimum Gasteiger partial charge on any atom is -0.314 e. The Morgan fingerprint density at radius 2 is 2.07 bits per heavy atom. The number of nitrogens with zero attached hydrogens (tertiary/aromatic N) is 4. The zero-order chi connectivity index (χ0) is 11.0. The quantitative estimate of drug-likeness (QED) is 0.642. The first-order chi connectivity index (χ1) is 7.11. The SMILES string of the molecule is Cn1ccnc(-n2cnc(I)c2I)c1=O. The van der Waals surface area contributed by atoms with Crippen LogP contribution in [-0.2, 0) is 7.05 Å². The Labute approximate surface area is 113 Å². The summed E-state index contributed by atoms with van der Waals surface area (Å²) in [7, 11) is 1.70. The number of aromatic nitrogens is 4. The average Bonchev–Trinajstić information content (AvgIpc) is 2.53. The van der Waals surface area contributed by atoms with E-state index in [4.69, 9.17) is 0 Å². The molecule has 0 radical (unpaired) electrons. The lowest BCUT2D eigenvalue weighted by Crippen LogP contribution is -2.23. The molecule has 0 amide bonds. The molecule has 15 heavy (non-hydrogen) atoms. The normalized spacial score (nSPS) is 10.6. The Morgan fingerprint density at radius 1 is 1.33 bits per heavy atom. The Balaban J connectivity index is 2.70. The minimum absolute atomic E-state index is 0.135. The Hall–Kier alpha value is -0.450. The first-order valence-corrected chi connectivity index (χ1v) is 6.17. The lowest BCUT2D eigenvalue weighted by molar-refractivity contribution is 0.803. The maximum Gasteiger partial charge on any atom is 0.294 e.